The average Bonchev–Trinajstić information content (AvgIpc) is 2.74. The topological polar surface area (TPSA) is 59.4 Å². The summed E-state index contributed by atoms with van der Waals surface area (Å²) in [5.41, 5.74) is 0.276. The molecule has 0 N–H and O–H groups in total. The minimum absolute atomic E-state index is 0.0320. The summed E-state index contributed by atoms with van der Waals surface area (Å²) in [6, 6.07) is 8.49. The van der Waals surface area contributed by atoms with Gasteiger partial charge in [-0.2, -0.15) is 0 Å². The number of pyridine rings is 1. The molecule has 1 saturated heterocycles. The van der Waals surface area contributed by atoms with Crippen LogP contribution in [-0.4, -0.2) is 26.1 Å². The zero-order chi connectivity index (χ0) is 22.3. The lowest BCUT2D eigenvalue weighted by atomic mass is 9.99. The van der Waals surface area contributed by atoms with E-state index >= 15 is 4.39 Å². The Bertz CT molecular complexity index is 1300. The molecule has 2 aromatic carbocycles. The van der Waals surface area contributed by atoms with Gasteiger partial charge in [0.2, 0.25) is 15.3 Å². The molecule has 1 unspecified atom stereocenters. The minimum atomic E-state index is -4.09. The quantitative estimate of drug-likeness (QED) is 0.554. The Labute approximate surface area is 186 Å². The van der Waals surface area contributed by atoms with Crippen molar-refractivity contribution < 1.29 is 12.8 Å². The lowest BCUT2D eigenvalue weighted by Crippen LogP contribution is -2.35. The fourth-order valence-electron chi connectivity index (χ4n) is 4.22. The van der Waals surface area contributed by atoms with E-state index in [1.807, 2.05) is 11.8 Å². The van der Waals surface area contributed by atoms with Crippen LogP contribution < -0.4 is 10.3 Å². The highest BCUT2D eigenvalue weighted by Gasteiger charge is 2.26. The fourth-order valence-corrected chi connectivity index (χ4v) is 5.71. The first-order valence-electron chi connectivity index (χ1n) is 10.3. The Morgan fingerprint density at radius 3 is 2.55 bits per heavy atom. The average molecular weight is 463 g/mol. The number of benzene rings is 2. The molecule has 1 atom stereocenters. The van der Waals surface area contributed by atoms with Gasteiger partial charge in [-0.25, -0.2) is 12.8 Å². The van der Waals surface area contributed by atoms with E-state index in [1.165, 1.54) is 36.5 Å². The Morgan fingerprint density at radius 2 is 1.90 bits per heavy atom. The van der Waals surface area contributed by atoms with Crippen molar-refractivity contribution >= 4 is 38.0 Å². The van der Waals surface area contributed by atoms with Crippen LogP contribution in [0.1, 0.15) is 26.7 Å². The normalized spacial score (nSPS) is 17.3. The zero-order valence-corrected chi connectivity index (χ0v) is 19.0. The molecule has 0 saturated carbocycles. The van der Waals surface area contributed by atoms with Crippen LogP contribution in [0.5, 0.6) is 0 Å². The van der Waals surface area contributed by atoms with Crippen LogP contribution in [0.3, 0.4) is 0 Å². The largest absolute Gasteiger partial charge is 0.369 e. The van der Waals surface area contributed by atoms with Crippen molar-refractivity contribution in [3.63, 3.8) is 0 Å². The van der Waals surface area contributed by atoms with E-state index in [0.29, 0.717) is 28.7 Å². The summed E-state index contributed by atoms with van der Waals surface area (Å²) in [7, 11) is -4.09. The van der Waals surface area contributed by atoms with Gasteiger partial charge in [0.25, 0.3) is 0 Å². The SMILES string of the molecule is CCn1cc(S(=O)(=O)c2ccc(Cl)cc2)c(=O)c2cc(F)c(N3CCCC(C)C3)cc21. The van der Waals surface area contributed by atoms with Crippen molar-refractivity contribution in [2.24, 2.45) is 5.92 Å². The molecule has 164 valence electrons. The predicted octanol–water partition coefficient (Wildman–Crippen LogP) is 4.88. The summed E-state index contributed by atoms with van der Waals surface area (Å²) >= 11 is 5.86. The first kappa shape index (κ1) is 21.8. The molecule has 0 bridgehead atoms. The third-order valence-corrected chi connectivity index (χ3v) is 7.88. The Morgan fingerprint density at radius 1 is 1.19 bits per heavy atom. The van der Waals surface area contributed by atoms with Crippen LogP contribution in [0, 0.1) is 11.7 Å². The van der Waals surface area contributed by atoms with Crippen molar-refractivity contribution in [3.05, 3.63) is 63.7 Å². The number of rotatable bonds is 4. The van der Waals surface area contributed by atoms with Crippen LogP contribution in [0.4, 0.5) is 10.1 Å². The number of fused-ring (bicyclic) bond motifs is 1. The molecule has 4 rings (SSSR count). The third-order valence-electron chi connectivity index (χ3n) is 5.87. The molecule has 1 fully saturated rings. The highest BCUT2D eigenvalue weighted by molar-refractivity contribution is 7.91. The maximum Gasteiger partial charge on any atom is 0.211 e. The Kier molecular flexibility index (Phi) is 5.83. The third kappa shape index (κ3) is 3.96. The van der Waals surface area contributed by atoms with Crippen LogP contribution in [0.2, 0.25) is 5.02 Å². The Balaban J connectivity index is 1.91. The van der Waals surface area contributed by atoms with Gasteiger partial charge in [-0.05, 0) is 62.1 Å². The van der Waals surface area contributed by atoms with Crippen molar-refractivity contribution in [2.75, 3.05) is 18.0 Å². The van der Waals surface area contributed by atoms with Gasteiger partial charge in [-0.1, -0.05) is 18.5 Å². The molecule has 1 aliphatic heterocycles. The summed E-state index contributed by atoms with van der Waals surface area (Å²) in [6.45, 7) is 5.94. The van der Waals surface area contributed by atoms with Gasteiger partial charge in [0.05, 0.1) is 21.5 Å². The molecule has 0 aliphatic carbocycles. The lowest BCUT2D eigenvalue weighted by molar-refractivity contribution is 0.442. The van der Waals surface area contributed by atoms with Crippen LogP contribution in [-0.2, 0) is 16.4 Å². The number of hydrogen-bond acceptors (Lipinski definition) is 4. The van der Waals surface area contributed by atoms with E-state index in [1.54, 1.807) is 10.6 Å². The van der Waals surface area contributed by atoms with Crippen LogP contribution in [0.25, 0.3) is 10.9 Å². The van der Waals surface area contributed by atoms with E-state index < -0.39 is 21.1 Å². The molecule has 0 radical (unpaired) electrons. The van der Waals surface area contributed by atoms with E-state index in [2.05, 4.69) is 6.92 Å². The number of aromatic nitrogens is 1. The van der Waals surface area contributed by atoms with Crippen molar-refractivity contribution in [1.29, 1.82) is 0 Å². The van der Waals surface area contributed by atoms with Crippen molar-refractivity contribution in [1.82, 2.24) is 4.57 Å². The van der Waals surface area contributed by atoms with Crippen LogP contribution in [0.15, 0.2) is 57.2 Å². The summed E-state index contributed by atoms with van der Waals surface area (Å²) < 4.78 is 43.1. The molecule has 3 aromatic rings. The van der Waals surface area contributed by atoms with E-state index in [9.17, 15) is 13.2 Å². The van der Waals surface area contributed by atoms with Gasteiger partial charge < -0.3 is 9.47 Å². The molecule has 1 aromatic heterocycles. The monoisotopic (exact) mass is 462 g/mol. The molecule has 8 heteroatoms. The maximum atomic E-state index is 15.1. The highest BCUT2D eigenvalue weighted by atomic mass is 35.5. The van der Waals surface area contributed by atoms with Crippen molar-refractivity contribution in [3.8, 4) is 0 Å². The molecular formula is C23H24ClFN2O3S. The number of hydrogen-bond donors (Lipinski definition) is 0. The molecule has 5 nitrogen and oxygen atoms in total. The minimum Gasteiger partial charge on any atom is -0.369 e. The summed E-state index contributed by atoms with van der Waals surface area (Å²) in [5.74, 6) is -0.0495. The number of nitrogens with zero attached hydrogens (tertiary/aromatic N) is 2. The number of piperidine rings is 1. The van der Waals surface area contributed by atoms with Gasteiger partial charge in [-0.3, -0.25) is 4.79 Å². The first-order chi connectivity index (χ1) is 14.7. The van der Waals surface area contributed by atoms with Gasteiger partial charge in [0.1, 0.15) is 10.7 Å². The van der Waals surface area contributed by atoms with E-state index in [-0.39, 0.29) is 15.2 Å². The summed E-state index contributed by atoms with van der Waals surface area (Å²) in [6.07, 6.45) is 3.45. The van der Waals surface area contributed by atoms with Gasteiger partial charge >= 0.3 is 0 Å². The molecule has 2 heterocycles. The van der Waals surface area contributed by atoms with E-state index in [4.69, 9.17) is 11.6 Å². The number of sulfone groups is 1. The number of halogens is 2. The zero-order valence-electron chi connectivity index (χ0n) is 17.4. The highest BCUT2D eigenvalue weighted by Crippen LogP contribution is 2.30. The van der Waals surface area contributed by atoms with Crippen LogP contribution >= 0.6 is 11.6 Å². The molecule has 0 spiro atoms. The molecule has 31 heavy (non-hydrogen) atoms. The predicted molar refractivity (Wildman–Crippen MR) is 121 cm³/mol. The van der Waals surface area contributed by atoms with Crippen molar-refractivity contribution in [2.45, 2.75) is 43.0 Å². The smallest absolute Gasteiger partial charge is 0.211 e. The molecular weight excluding hydrogens is 439 g/mol. The number of anilines is 1. The lowest BCUT2D eigenvalue weighted by Gasteiger charge is -2.33. The first-order valence-corrected chi connectivity index (χ1v) is 12.2. The second kappa shape index (κ2) is 8.28. The second-order valence-electron chi connectivity index (χ2n) is 8.08. The summed E-state index contributed by atoms with van der Waals surface area (Å²) in [5, 5.41) is 0.452. The Hall–Kier alpha value is -2.38. The van der Waals surface area contributed by atoms with E-state index in [0.717, 1.165) is 25.9 Å². The van der Waals surface area contributed by atoms with Gasteiger partial charge in [0, 0.05) is 30.9 Å². The maximum absolute atomic E-state index is 15.1. The molecule has 1 aliphatic rings. The van der Waals surface area contributed by atoms with Gasteiger partial charge in [-0.15, -0.1) is 0 Å². The fraction of sp³-hybridized carbons (Fsp3) is 0.348. The molecule has 0 amide bonds. The second-order valence-corrected chi connectivity index (χ2v) is 10.4. The standard InChI is InChI=1S/C23H24ClFN2O3S/c1-3-26-14-22(31(29,30)17-8-6-16(24)7-9-17)23(28)18-11-19(25)21(12-20(18)26)27-10-4-5-15(2)13-27/h6-9,11-12,14-15H,3-5,10,13H2,1-2H3. The summed E-state index contributed by atoms with van der Waals surface area (Å²) in [4.78, 5) is 14.8. The number of aryl methyl sites for hydroxylation is 1. The van der Waals surface area contributed by atoms with Gasteiger partial charge in [0.15, 0.2) is 0 Å².